The number of carbonyl (C=O) groups excluding carboxylic acids is 1. The highest BCUT2D eigenvalue weighted by atomic mass is 32.1. The number of rotatable bonds is 4. The molecule has 0 aliphatic heterocycles. The lowest BCUT2D eigenvalue weighted by atomic mass is 9.88. The predicted octanol–water partition coefficient (Wildman–Crippen LogP) is 4.61. The van der Waals surface area contributed by atoms with Gasteiger partial charge in [0.15, 0.2) is 10.8 Å². The fraction of sp³-hybridized carbons (Fsp3) is 0.400. The Morgan fingerprint density at radius 3 is 2.92 bits per heavy atom. The number of amides is 1. The van der Waals surface area contributed by atoms with Crippen LogP contribution in [0.15, 0.2) is 40.8 Å². The molecule has 2 heterocycles. The number of carbonyl (C=O) groups is 1. The molecule has 1 aromatic carbocycles. The van der Waals surface area contributed by atoms with Gasteiger partial charge in [-0.2, -0.15) is 0 Å². The zero-order valence-electron chi connectivity index (χ0n) is 13.9. The Morgan fingerprint density at radius 1 is 1.20 bits per heavy atom. The van der Waals surface area contributed by atoms with E-state index >= 15 is 0 Å². The minimum atomic E-state index is 0.199. The van der Waals surface area contributed by atoms with E-state index in [2.05, 4.69) is 16.4 Å². The number of nitrogens with one attached hydrogen (secondary N) is 1. The largest absolute Gasteiger partial charge is 0.457 e. The van der Waals surface area contributed by atoms with E-state index in [-0.39, 0.29) is 11.8 Å². The Balaban J connectivity index is 1.26. The van der Waals surface area contributed by atoms with Gasteiger partial charge in [0.25, 0.3) is 0 Å². The van der Waals surface area contributed by atoms with Crippen LogP contribution < -0.4 is 5.32 Å². The van der Waals surface area contributed by atoms with Crippen LogP contribution in [0.4, 0.5) is 0 Å². The average molecular weight is 352 g/mol. The first-order valence-corrected chi connectivity index (χ1v) is 9.80. The highest BCUT2D eigenvalue weighted by Crippen LogP contribution is 2.48. The molecule has 2 aromatic heterocycles. The molecule has 3 unspecified atom stereocenters. The van der Waals surface area contributed by atoms with Crippen molar-refractivity contribution in [2.45, 2.75) is 32.2 Å². The second-order valence-electron chi connectivity index (χ2n) is 7.25. The Hall–Kier alpha value is -2.14. The SMILES string of the molecule is O=C(NCc1ccc(-c2nc3ccccc3s2)o1)C1CC2CCC1C2. The standard InChI is InChI=1S/C20H20N2O2S/c23-19(15-10-12-5-6-13(15)9-12)21-11-14-7-8-17(24-14)20-22-16-3-1-2-4-18(16)25-20/h1-4,7-8,12-13,15H,5-6,9-11H2,(H,21,23). The maximum atomic E-state index is 12.4. The molecular weight excluding hydrogens is 332 g/mol. The Kier molecular flexibility index (Phi) is 3.63. The van der Waals surface area contributed by atoms with E-state index in [1.54, 1.807) is 11.3 Å². The second-order valence-corrected chi connectivity index (χ2v) is 8.28. The van der Waals surface area contributed by atoms with Crippen molar-refractivity contribution >= 4 is 27.5 Å². The van der Waals surface area contributed by atoms with Gasteiger partial charge in [0.2, 0.25) is 5.91 Å². The third kappa shape index (κ3) is 2.76. The Bertz CT molecular complexity index is 896. The summed E-state index contributed by atoms with van der Waals surface area (Å²) in [6, 6.07) is 12.0. The fourth-order valence-electron chi connectivity index (χ4n) is 4.44. The van der Waals surface area contributed by atoms with Crippen LogP contribution in [0.25, 0.3) is 21.0 Å². The van der Waals surface area contributed by atoms with Crippen molar-refractivity contribution in [3.8, 4) is 10.8 Å². The number of aromatic nitrogens is 1. The number of furan rings is 1. The molecule has 5 rings (SSSR count). The Morgan fingerprint density at radius 2 is 2.12 bits per heavy atom. The average Bonchev–Trinajstić information content (AvgIpc) is 3.42. The lowest BCUT2D eigenvalue weighted by Crippen LogP contribution is -2.33. The van der Waals surface area contributed by atoms with Gasteiger partial charge >= 0.3 is 0 Å². The highest BCUT2D eigenvalue weighted by molar-refractivity contribution is 7.21. The van der Waals surface area contributed by atoms with Gasteiger partial charge in [-0.3, -0.25) is 4.79 Å². The molecular formula is C20H20N2O2S. The lowest BCUT2D eigenvalue weighted by molar-refractivity contribution is -0.126. The van der Waals surface area contributed by atoms with Crippen LogP contribution in [-0.4, -0.2) is 10.9 Å². The summed E-state index contributed by atoms with van der Waals surface area (Å²) < 4.78 is 7.06. The van der Waals surface area contributed by atoms with Crippen LogP contribution in [-0.2, 0) is 11.3 Å². The molecule has 128 valence electrons. The quantitative estimate of drug-likeness (QED) is 0.746. The van der Waals surface area contributed by atoms with Crippen molar-refractivity contribution in [2.75, 3.05) is 0 Å². The summed E-state index contributed by atoms with van der Waals surface area (Å²) >= 11 is 1.62. The highest BCUT2D eigenvalue weighted by Gasteiger charge is 2.42. The topological polar surface area (TPSA) is 55.1 Å². The van der Waals surface area contributed by atoms with E-state index in [1.807, 2.05) is 30.3 Å². The molecule has 2 bridgehead atoms. The van der Waals surface area contributed by atoms with Gasteiger partial charge in [0.05, 0.1) is 16.8 Å². The van der Waals surface area contributed by atoms with Crippen molar-refractivity contribution in [3.63, 3.8) is 0 Å². The van der Waals surface area contributed by atoms with Crippen molar-refractivity contribution in [1.82, 2.24) is 10.3 Å². The van der Waals surface area contributed by atoms with Crippen molar-refractivity contribution in [3.05, 3.63) is 42.2 Å². The maximum absolute atomic E-state index is 12.4. The first kappa shape index (κ1) is 15.1. The molecule has 0 spiro atoms. The van der Waals surface area contributed by atoms with E-state index in [9.17, 15) is 4.79 Å². The number of fused-ring (bicyclic) bond motifs is 3. The molecule has 3 aromatic rings. The molecule has 0 saturated heterocycles. The van der Waals surface area contributed by atoms with Gasteiger partial charge in [0.1, 0.15) is 5.76 Å². The molecule has 2 fully saturated rings. The molecule has 0 radical (unpaired) electrons. The number of para-hydroxylation sites is 1. The number of nitrogens with zero attached hydrogens (tertiary/aromatic N) is 1. The molecule has 5 heteroatoms. The normalized spacial score (nSPS) is 24.9. The second kappa shape index (κ2) is 5.99. The summed E-state index contributed by atoms with van der Waals surface area (Å²) in [6.07, 6.45) is 4.87. The zero-order valence-corrected chi connectivity index (χ0v) is 14.7. The van der Waals surface area contributed by atoms with Crippen LogP contribution in [0, 0.1) is 17.8 Å². The summed E-state index contributed by atoms with van der Waals surface area (Å²) in [5, 5.41) is 3.95. The number of hydrogen-bond donors (Lipinski definition) is 1. The zero-order chi connectivity index (χ0) is 16.8. The summed E-state index contributed by atoms with van der Waals surface area (Å²) in [6.45, 7) is 0.456. The summed E-state index contributed by atoms with van der Waals surface area (Å²) in [4.78, 5) is 17.1. The van der Waals surface area contributed by atoms with Gasteiger partial charge in [-0.1, -0.05) is 18.6 Å². The number of hydrogen-bond acceptors (Lipinski definition) is 4. The first-order chi connectivity index (χ1) is 12.3. The molecule has 1 N–H and O–H groups in total. The van der Waals surface area contributed by atoms with E-state index in [1.165, 1.54) is 19.3 Å². The summed E-state index contributed by atoms with van der Waals surface area (Å²) in [5.74, 6) is 3.37. The van der Waals surface area contributed by atoms with Gasteiger partial charge in [-0.25, -0.2) is 4.98 Å². The molecule has 25 heavy (non-hydrogen) atoms. The van der Waals surface area contributed by atoms with Crippen LogP contribution >= 0.6 is 11.3 Å². The van der Waals surface area contributed by atoms with Crippen molar-refractivity contribution in [2.24, 2.45) is 17.8 Å². The van der Waals surface area contributed by atoms with Crippen molar-refractivity contribution in [1.29, 1.82) is 0 Å². The smallest absolute Gasteiger partial charge is 0.223 e. The predicted molar refractivity (Wildman–Crippen MR) is 98.1 cm³/mol. The Labute approximate surface area is 150 Å². The molecule has 2 aliphatic carbocycles. The van der Waals surface area contributed by atoms with Gasteiger partial charge in [-0.15, -0.1) is 11.3 Å². The third-order valence-electron chi connectivity index (χ3n) is 5.68. The molecule has 3 atom stereocenters. The van der Waals surface area contributed by atoms with Crippen molar-refractivity contribution < 1.29 is 9.21 Å². The van der Waals surface area contributed by atoms with Crippen LogP contribution in [0.3, 0.4) is 0 Å². The first-order valence-electron chi connectivity index (χ1n) is 8.98. The summed E-state index contributed by atoms with van der Waals surface area (Å²) in [7, 11) is 0. The number of benzene rings is 1. The molecule has 1 amide bonds. The monoisotopic (exact) mass is 352 g/mol. The minimum absolute atomic E-state index is 0.199. The van der Waals surface area contributed by atoms with Gasteiger partial charge in [-0.05, 0) is 55.4 Å². The van der Waals surface area contributed by atoms with E-state index in [0.717, 1.165) is 39.1 Å². The van der Waals surface area contributed by atoms with Gasteiger partial charge < -0.3 is 9.73 Å². The van der Waals surface area contributed by atoms with E-state index in [4.69, 9.17) is 4.42 Å². The third-order valence-corrected chi connectivity index (χ3v) is 6.73. The van der Waals surface area contributed by atoms with Gasteiger partial charge in [0, 0.05) is 5.92 Å². The van der Waals surface area contributed by atoms with E-state index in [0.29, 0.717) is 12.5 Å². The molecule has 2 aliphatic rings. The van der Waals surface area contributed by atoms with Crippen LogP contribution in [0.1, 0.15) is 31.4 Å². The van der Waals surface area contributed by atoms with Crippen LogP contribution in [0.5, 0.6) is 0 Å². The molecule has 2 saturated carbocycles. The maximum Gasteiger partial charge on any atom is 0.223 e. The molecule has 4 nitrogen and oxygen atoms in total. The minimum Gasteiger partial charge on any atom is -0.457 e. The summed E-state index contributed by atoms with van der Waals surface area (Å²) in [5.41, 5.74) is 0.991. The lowest BCUT2D eigenvalue weighted by Gasteiger charge is -2.20. The van der Waals surface area contributed by atoms with E-state index < -0.39 is 0 Å². The fourth-order valence-corrected chi connectivity index (χ4v) is 5.36. The number of thiazole rings is 1. The van der Waals surface area contributed by atoms with Crippen LogP contribution in [0.2, 0.25) is 0 Å².